The lowest BCUT2D eigenvalue weighted by atomic mass is 9.98. The van der Waals surface area contributed by atoms with Crippen LogP contribution in [-0.4, -0.2) is 28.9 Å². The first-order valence-electron chi connectivity index (χ1n) is 8.77. The minimum Gasteiger partial charge on any atom is -0.444 e. The molecule has 1 amide bonds. The van der Waals surface area contributed by atoms with Gasteiger partial charge in [-0.1, -0.05) is 50.6 Å². The summed E-state index contributed by atoms with van der Waals surface area (Å²) in [5.41, 5.74) is 0.475. The molecule has 0 saturated heterocycles. The molecular formula is C20H31NO3. The van der Waals surface area contributed by atoms with Crippen molar-refractivity contribution in [2.45, 2.75) is 66.0 Å². The number of ether oxygens (including phenoxy) is 1. The van der Waals surface area contributed by atoms with Crippen LogP contribution in [0, 0.1) is 5.92 Å². The van der Waals surface area contributed by atoms with E-state index in [4.69, 9.17) is 4.74 Å². The molecule has 0 heterocycles. The molecule has 0 fully saturated rings. The average Bonchev–Trinajstić information content (AvgIpc) is 2.50. The molecule has 4 nitrogen and oxygen atoms in total. The zero-order valence-corrected chi connectivity index (χ0v) is 15.7. The number of rotatable bonds is 8. The molecule has 1 aromatic rings. The highest BCUT2D eigenvalue weighted by Crippen LogP contribution is 2.15. The number of amides is 1. The second kappa shape index (κ2) is 9.45. The molecule has 134 valence electrons. The van der Waals surface area contributed by atoms with Crippen molar-refractivity contribution in [3.63, 3.8) is 0 Å². The molecule has 1 aromatic carbocycles. The van der Waals surface area contributed by atoms with E-state index >= 15 is 0 Å². The zero-order valence-electron chi connectivity index (χ0n) is 15.7. The fraction of sp³-hybridized carbons (Fsp3) is 0.600. The Morgan fingerprint density at radius 1 is 1.17 bits per heavy atom. The van der Waals surface area contributed by atoms with Crippen LogP contribution in [0.4, 0.5) is 4.79 Å². The molecule has 0 saturated carbocycles. The van der Waals surface area contributed by atoms with E-state index < -0.39 is 5.60 Å². The summed E-state index contributed by atoms with van der Waals surface area (Å²) in [5.74, 6) is 0.255. The van der Waals surface area contributed by atoms with Crippen molar-refractivity contribution in [1.82, 2.24) is 4.90 Å². The summed E-state index contributed by atoms with van der Waals surface area (Å²) >= 11 is 0. The fourth-order valence-corrected chi connectivity index (χ4v) is 2.45. The number of ketones is 1. The van der Waals surface area contributed by atoms with E-state index in [2.05, 4.69) is 6.92 Å². The van der Waals surface area contributed by atoms with Crippen LogP contribution in [0.1, 0.15) is 59.4 Å². The Morgan fingerprint density at radius 3 is 2.33 bits per heavy atom. The van der Waals surface area contributed by atoms with Crippen LogP contribution in [0.25, 0.3) is 0 Å². The zero-order chi connectivity index (χ0) is 18.2. The second-order valence-corrected chi connectivity index (χ2v) is 7.29. The van der Waals surface area contributed by atoms with Gasteiger partial charge >= 0.3 is 6.09 Å². The summed E-state index contributed by atoms with van der Waals surface area (Å²) in [4.78, 5) is 26.3. The first kappa shape index (κ1) is 20.2. The summed E-state index contributed by atoms with van der Waals surface area (Å²) in [6.45, 7) is 10.4. The maximum atomic E-state index is 12.5. The smallest absolute Gasteiger partial charge is 0.410 e. The van der Waals surface area contributed by atoms with Gasteiger partial charge in [-0.25, -0.2) is 4.79 Å². The largest absolute Gasteiger partial charge is 0.444 e. The Morgan fingerprint density at radius 2 is 1.79 bits per heavy atom. The van der Waals surface area contributed by atoms with Gasteiger partial charge in [-0.15, -0.1) is 0 Å². The number of Topliss-reactive ketones (excluding diaryl/α,β-unsaturated/α-hetero) is 1. The van der Waals surface area contributed by atoms with Crippen molar-refractivity contribution in [2.24, 2.45) is 5.92 Å². The molecule has 0 aromatic heterocycles. The molecule has 24 heavy (non-hydrogen) atoms. The Balaban J connectivity index is 2.73. The molecule has 0 radical (unpaired) electrons. The summed E-state index contributed by atoms with van der Waals surface area (Å²) < 4.78 is 5.49. The van der Waals surface area contributed by atoms with Crippen LogP contribution in [0.5, 0.6) is 0 Å². The van der Waals surface area contributed by atoms with Gasteiger partial charge < -0.3 is 9.64 Å². The van der Waals surface area contributed by atoms with Gasteiger partial charge in [0.25, 0.3) is 0 Å². The van der Waals surface area contributed by atoms with Crippen molar-refractivity contribution in [2.75, 3.05) is 6.54 Å². The fourth-order valence-electron chi connectivity index (χ4n) is 2.45. The molecular weight excluding hydrogens is 302 g/mol. The van der Waals surface area contributed by atoms with Gasteiger partial charge in [0.2, 0.25) is 0 Å². The monoisotopic (exact) mass is 333 g/mol. The molecule has 0 aliphatic heterocycles. The minimum atomic E-state index is -0.550. The number of carbonyl (C=O) groups excluding carboxylic acids is 2. The number of hydrogen-bond acceptors (Lipinski definition) is 3. The van der Waals surface area contributed by atoms with Gasteiger partial charge in [0.1, 0.15) is 11.4 Å². The van der Waals surface area contributed by atoms with Crippen molar-refractivity contribution in [1.29, 1.82) is 0 Å². The summed E-state index contributed by atoms with van der Waals surface area (Å²) in [5, 5.41) is 0. The number of carbonyl (C=O) groups is 2. The van der Waals surface area contributed by atoms with Crippen LogP contribution >= 0.6 is 0 Å². The van der Waals surface area contributed by atoms with Crippen LogP contribution in [0.15, 0.2) is 30.3 Å². The maximum absolute atomic E-state index is 12.5. The van der Waals surface area contributed by atoms with E-state index in [1.54, 1.807) is 4.90 Å². The normalized spacial score (nSPS) is 12.5. The van der Waals surface area contributed by atoms with Crippen molar-refractivity contribution in [3.8, 4) is 0 Å². The van der Waals surface area contributed by atoms with Crippen molar-refractivity contribution >= 4 is 11.9 Å². The Kier molecular flexibility index (Phi) is 7.96. The topological polar surface area (TPSA) is 46.6 Å². The van der Waals surface area contributed by atoms with Crippen molar-refractivity contribution in [3.05, 3.63) is 35.9 Å². The van der Waals surface area contributed by atoms with Crippen LogP contribution in [0.2, 0.25) is 0 Å². The molecule has 1 atom stereocenters. The summed E-state index contributed by atoms with van der Waals surface area (Å²) in [7, 11) is 0. The third-order valence-electron chi connectivity index (χ3n) is 3.77. The summed E-state index contributed by atoms with van der Waals surface area (Å²) in [6, 6.07) is 9.77. The van der Waals surface area contributed by atoms with Crippen LogP contribution < -0.4 is 0 Å². The van der Waals surface area contributed by atoms with E-state index in [1.807, 2.05) is 58.0 Å². The third kappa shape index (κ3) is 7.62. The van der Waals surface area contributed by atoms with Gasteiger partial charge in [0.15, 0.2) is 0 Å². The maximum Gasteiger partial charge on any atom is 0.410 e. The average molecular weight is 333 g/mol. The molecule has 0 aliphatic carbocycles. The molecule has 0 aliphatic rings. The highest BCUT2D eigenvalue weighted by Gasteiger charge is 2.23. The second-order valence-electron chi connectivity index (χ2n) is 7.29. The lowest BCUT2D eigenvalue weighted by Gasteiger charge is -2.27. The van der Waals surface area contributed by atoms with Gasteiger partial charge in [0.05, 0.1) is 0 Å². The van der Waals surface area contributed by atoms with Gasteiger partial charge in [-0.3, -0.25) is 4.79 Å². The predicted octanol–water partition coefficient (Wildman–Crippen LogP) is 4.82. The molecule has 0 bridgehead atoms. The van der Waals surface area contributed by atoms with E-state index in [0.29, 0.717) is 19.5 Å². The first-order valence-corrected chi connectivity index (χ1v) is 8.77. The molecule has 1 unspecified atom stereocenters. The van der Waals surface area contributed by atoms with Gasteiger partial charge in [-0.05, 0) is 32.8 Å². The van der Waals surface area contributed by atoms with E-state index in [-0.39, 0.29) is 17.8 Å². The predicted molar refractivity (Wildman–Crippen MR) is 96.8 cm³/mol. The highest BCUT2D eigenvalue weighted by molar-refractivity contribution is 5.81. The Bertz CT molecular complexity index is 519. The highest BCUT2D eigenvalue weighted by atomic mass is 16.6. The lowest BCUT2D eigenvalue weighted by molar-refractivity contribution is -0.122. The molecule has 4 heteroatoms. The standard InChI is InChI=1S/C20H31NO3/c1-6-10-16(2)18(22)13-14-21(19(23)24-20(3,4)5)15-17-11-8-7-9-12-17/h7-9,11-12,16H,6,10,13-15H2,1-5H3. The first-order chi connectivity index (χ1) is 11.2. The van der Waals surface area contributed by atoms with E-state index in [0.717, 1.165) is 18.4 Å². The SMILES string of the molecule is CCCC(C)C(=O)CCN(Cc1ccccc1)C(=O)OC(C)(C)C. The minimum absolute atomic E-state index is 0.0483. The quantitative estimate of drug-likeness (QED) is 0.685. The molecule has 0 spiro atoms. The Hall–Kier alpha value is -1.84. The third-order valence-corrected chi connectivity index (χ3v) is 3.77. The van der Waals surface area contributed by atoms with Crippen LogP contribution in [-0.2, 0) is 16.1 Å². The molecule has 1 rings (SSSR count). The van der Waals surface area contributed by atoms with Gasteiger partial charge in [-0.2, -0.15) is 0 Å². The Labute approximate surface area is 146 Å². The van der Waals surface area contributed by atoms with E-state index in [1.165, 1.54) is 0 Å². The molecule has 0 N–H and O–H groups in total. The number of hydrogen-bond donors (Lipinski definition) is 0. The van der Waals surface area contributed by atoms with Crippen LogP contribution in [0.3, 0.4) is 0 Å². The van der Waals surface area contributed by atoms with Gasteiger partial charge in [0, 0.05) is 25.4 Å². The van der Waals surface area contributed by atoms with E-state index in [9.17, 15) is 9.59 Å². The van der Waals surface area contributed by atoms with Crippen molar-refractivity contribution < 1.29 is 14.3 Å². The lowest BCUT2D eigenvalue weighted by Crippen LogP contribution is -2.38. The number of benzene rings is 1. The number of nitrogens with zero attached hydrogens (tertiary/aromatic N) is 1. The summed E-state index contributed by atoms with van der Waals surface area (Å²) in [6.07, 6.45) is 1.88.